The molecule has 1 aromatic rings. The summed E-state index contributed by atoms with van der Waals surface area (Å²) in [7, 11) is 4.04. The second kappa shape index (κ2) is 8.62. The molecule has 1 aliphatic heterocycles. The van der Waals surface area contributed by atoms with Crippen molar-refractivity contribution in [2.75, 3.05) is 44.4 Å². The third kappa shape index (κ3) is 4.78. The van der Waals surface area contributed by atoms with Crippen LogP contribution in [0.15, 0.2) is 10.4 Å². The highest BCUT2D eigenvalue weighted by atomic mass is 32.2. The Balaban J connectivity index is 2.02. The summed E-state index contributed by atoms with van der Waals surface area (Å²) in [5.41, 5.74) is 1.04. The van der Waals surface area contributed by atoms with Gasteiger partial charge in [0, 0.05) is 50.1 Å². The monoisotopic (exact) mass is 341 g/mol. The van der Waals surface area contributed by atoms with E-state index in [4.69, 9.17) is 4.99 Å². The molecule has 1 aliphatic rings. The summed E-state index contributed by atoms with van der Waals surface area (Å²) in [4.78, 5) is 13.8. The first-order chi connectivity index (χ1) is 10.6. The van der Waals surface area contributed by atoms with E-state index in [2.05, 4.69) is 46.2 Å². The average Bonchev–Trinajstić information content (AvgIpc) is 3.00. The number of aromatic nitrogens is 1. The topological polar surface area (TPSA) is 43.8 Å². The Morgan fingerprint density at radius 2 is 2.32 bits per heavy atom. The van der Waals surface area contributed by atoms with Gasteiger partial charge in [-0.1, -0.05) is 6.92 Å². The maximum atomic E-state index is 4.80. The Labute approximate surface area is 142 Å². The number of thiazole rings is 1. The molecule has 1 N–H and O–H groups in total. The third-order valence-electron chi connectivity index (χ3n) is 3.54. The van der Waals surface area contributed by atoms with E-state index in [9.17, 15) is 0 Å². The molecule has 0 saturated carbocycles. The minimum Gasteiger partial charge on any atom is -0.357 e. The van der Waals surface area contributed by atoms with Crippen molar-refractivity contribution in [2.45, 2.75) is 32.1 Å². The first kappa shape index (κ1) is 17.4. The fourth-order valence-electron chi connectivity index (χ4n) is 2.31. The smallest absolute Gasteiger partial charge is 0.194 e. The van der Waals surface area contributed by atoms with Crippen molar-refractivity contribution in [1.29, 1.82) is 0 Å². The number of aliphatic imine (C=N–C) groups is 1. The van der Waals surface area contributed by atoms with Crippen LogP contribution in [-0.2, 0) is 6.54 Å². The Morgan fingerprint density at radius 3 is 2.95 bits per heavy atom. The SMILES string of the molecule is CCNC(=NCc1csc(N(C)C)n1)N1CCSC(CC)C1. The molecule has 5 nitrogen and oxygen atoms in total. The molecule has 22 heavy (non-hydrogen) atoms. The van der Waals surface area contributed by atoms with Crippen molar-refractivity contribution in [3.8, 4) is 0 Å². The van der Waals surface area contributed by atoms with Crippen molar-refractivity contribution >= 4 is 34.2 Å². The van der Waals surface area contributed by atoms with Crippen molar-refractivity contribution < 1.29 is 0 Å². The summed E-state index contributed by atoms with van der Waals surface area (Å²) in [6.07, 6.45) is 1.22. The lowest BCUT2D eigenvalue weighted by atomic mass is 10.3. The van der Waals surface area contributed by atoms with Crippen molar-refractivity contribution in [3.05, 3.63) is 11.1 Å². The van der Waals surface area contributed by atoms with Gasteiger partial charge in [-0.2, -0.15) is 11.8 Å². The van der Waals surface area contributed by atoms with E-state index < -0.39 is 0 Å². The summed E-state index contributed by atoms with van der Waals surface area (Å²) >= 11 is 3.75. The van der Waals surface area contributed by atoms with Crippen LogP contribution in [0.3, 0.4) is 0 Å². The first-order valence-electron chi connectivity index (χ1n) is 7.90. The van der Waals surface area contributed by atoms with Crippen LogP contribution in [0.25, 0.3) is 0 Å². The van der Waals surface area contributed by atoms with Crippen LogP contribution in [-0.4, -0.2) is 60.6 Å². The summed E-state index contributed by atoms with van der Waals surface area (Å²) in [6, 6.07) is 0. The molecule has 0 aliphatic carbocycles. The molecule has 0 amide bonds. The normalized spacial score (nSPS) is 19.4. The lowest BCUT2D eigenvalue weighted by molar-refractivity contribution is 0.408. The summed E-state index contributed by atoms with van der Waals surface area (Å²) in [5, 5.41) is 7.29. The predicted molar refractivity (Wildman–Crippen MR) is 99.4 cm³/mol. The van der Waals surface area contributed by atoms with E-state index in [-0.39, 0.29) is 0 Å². The highest BCUT2D eigenvalue weighted by Crippen LogP contribution is 2.22. The quantitative estimate of drug-likeness (QED) is 0.658. The summed E-state index contributed by atoms with van der Waals surface area (Å²) in [6.45, 7) is 8.11. The average molecular weight is 342 g/mol. The molecule has 1 atom stereocenters. The van der Waals surface area contributed by atoms with Gasteiger partial charge in [0.1, 0.15) is 0 Å². The fourth-order valence-corrected chi connectivity index (χ4v) is 4.24. The van der Waals surface area contributed by atoms with Gasteiger partial charge in [-0.25, -0.2) is 9.98 Å². The fraction of sp³-hybridized carbons (Fsp3) is 0.733. The molecule has 124 valence electrons. The highest BCUT2D eigenvalue weighted by Gasteiger charge is 2.21. The zero-order valence-electron chi connectivity index (χ0n) is 14.0. The van der Waals surface area contributed by atoms with Gasteiger partial charge >= 0.3 is 0 Å². The second-order valence-electron chi connectivity index (χ2n) is 5.53. The van der Waals surface area contributed by atoms with Crippen LogP contribution >= 0.6 is 23.1 Å². The Bertz CT molecular complexity index is 486. The van der Waals surface area contributed by atoms with Gasteiger partial charge < -0.3 is 15.1 Å². The number of hydrogen-bond donors (Lipinski definition) is 1. The van der Waals surface area contributed by atoms with E-state index in [1.165, 1.54) is 12.2 Å². The third-order valence-corrected chi connectivity index (χ3v) is 5.97. The Kier molecular flexibility index (Phi) is 6.82. The summed E-state index contributed by atoms with van der Waals surface area (Å²) in [5.74, 6) is 2.21. The molecule has 1 fully saturated rings. The largest absolute Gasteiger partial charge is 0.357 e. The van der Waals surface area contributed by atoms with Crippen LogP contribution in [0, 0.1) is 0 Å². The second-order valence-corrected chi connectivity index (χ2v) is 7.78. The molecule has 2 rings (SSSR count). The van der Waals surface area contributed by atoms with Gasteiger partial charge in [-0.15, -0.1) is 11.3 Å². The van der Waals surface area contributed by atoms with Crippen molar-refractivity contribution in [1.82, 2.24) is 15.2 Å². The molecule has 1 aromatic heterocycles. The summed E-state index contributed by atoms with van der Waals surface area (Å²) < 4.78 is 0. The van der Waals surface area contributed by atoms with Crippen LogP contribution in [0.4, 0.5) is 5.13 Å². The number of anilines is 1. The maximum Gasteiger partial charge on any atom is 0.194 e. The molecule has 0 radical (unpaired) electrons. The first-order valence-corrected chi connectivity index (χ1v) is 9.83. The molecule has 0 spiro atoms. The van der Waals surface area contributed by atoms with E-state index in [1.807, 2.05) is 19.0 Å². The van der Waals surface area contributed by atoms with E-state index in [0.29, 0.717) is 6.54 Å². The Morgan fingerprint density at radius 1 is 1.50 bits per heavy atom. The number of rotatable bonds is 5. The number of hydrogen-bond acceptors (Lipinski definition) is 5. The van der Waals surface area contributed by atoms with Gasteiger partial charge in [0.25, 0.3) is 0 Å². The number of guanidine groups is 1. The van der Waals surface area contributed by atoms with Gasteiger partial charge in [0.2, 0.25) is 0 Å². The van der Waals surface area contributed by atoms with Gasteiger partial charge in [0.05, 0.1) is 12.2 Å². The maximum absolute atomic E-state index is 4.80. The van der Waals surface area contributed by atoms with Crippen LogP contribution < -0.4 is 10.2 Å². The van der Waals surface area contributed by atoms with Gasteiger partial charge in [0.15, 0.2) is 11.1 Å². The minimum atomic E-state index is 0.646. The molecule has 0 bridgehead atoms. The van der Waals surface area contributed by atoms with Crippen LogP contribution in [0.1, 0.15) is 26.0 Å². The number of nitrogens with one attached hydrogen (secondary N) is 1. The lowest BCUT2D eigenvalue weighted by Crippen LogP contribution is -2.48. The van der Waals surface area contributed by atoms with E-state index in [0.717, 1.165) is 41.7 Å². The standard InChI is InChI=1S/C15H27N5S2/c1-5-13-10-20(7-8-21-13)14(16-6-2)17-9-12-11-22-15(18-12)19(3)4/h11,13H,5-10H2,1-4H3,(H,16,17). The van der Waals surface area contributed by atoms with Crippen LogP contribution in [0.5, 0.6) is 0 Å². The predicted octanol–water partition coefficient (Wildman–Crippen LogP) is 2.50. The molecule has 1 unspecified atom stereocenters. The lowest BCUT2D eigenvalue weighted by Gasteiger charge is -2.34. The molecular weight excluding hydrogens is 314 g/mol. The number of thioether (sulfide) groups is 1. The van der Waals surface area contributed by atoms with Gasteiger partial charge in [-0.05, 0) is 13.3 Å². The van der Waals surface area contributed by atoms with E-state index >= 15 is 0 Å². The minimum absolute atomic E-state index is 0.646. The van der Waals surface area contributed by atoms with E-state index in [1.54, 1.807) is 11.3 Å². The molecule has 2 heterocycles. The molecule has 1 saturated heterocycles. The van der Waals surface area contributed by atoms with Crippen molar-refractivity contribution in [3.63, 3.8) is 0 Å². The number of nitrogens with zero attached hydrogens (tertiary/aromatic N) is 4. The van der Waals surface area contributed by atoms with Crippen LogP contribution in [0.2, 0.25) is 0 Å². The van der Waals surface area contributed by atoms with Gasteiger partial charge in [-0.3, -0.25) is 0 Å². The molecular formula is C15H27N5S2. The zero-order chi connectivity index (χ0) is 15.9. The molecule has 0 aromatic carbocycles. The van der Waals surface area contributed by atoms with Crippen molar-refractivity contribution in [2.24, 2.45) is 4.99 Å². The highest BCUT2D eigenvalue weighted by molar-refractivity contribution is 8.00. The zero-order valence-corrected chi connectivity index (χ0v) is 15.6. The Hall–Kier alpha value is -0.950. The molecule has 7 heteroatoms.